The van der Waals surface area contributed by atoms with Crippen LogP contribution in [0.1, 0.15) is 24.3 Å². The van der Waals surface area contributed by atoms with Gasteiger partial charge in [-0.1, -0.05) is 0 Å². The molecule has 1 aromatic carbocycles. The Morgan fingerprint density at radius 2 is 2.11 bits per heavy atom. The normalized spacial score (nSPS) is 21.1. The fourth-order valence-corrected chi connectivity index (χ4v) is 2.62. The number of carbonyl (C=O) groups is 1. The molecular weight excluding hydrogens is 232 g/mol. The molecule has 0 aliphatic carbocycles. The van der Waals surface area contributed by atoms with Crippen molar-refractivity contribution in [1.82, 2.24) is 0 Å². The predicted octanol–water partition coefficient (Wildman–Crippen LogP) is 1.21. The monoisotopic (exact) mass is 248 g/mol. The van der Waals surface area contributed by atoms with Crippen LogP contribution in [-0.2, 0) is 4.79 Å². The zero-order chi connectivity index (χ0) is 12.7. The lowest BCUT2D eigenvalue weighted by molar-refractivity contribution is -0.119. The van der Waals surface area contributed by atoms with Gasteiger partial charge in [0.05, 0.1) is 5.69 Å². The molecule has 2 aliphatic heterocycles. The zero-order valence-corrected chi connectivity index (χ0v) is 10.3. The number of nitrogens with zero attached hydrogens (tertiary/aromatic N) is 1. The lowest BCUT2D eigenvalue weighted by Crippen LogP contribution is -2.33. The molecule has 96 valence electrons. The number of amides is 1. The van der Waals surface area contributed by atoms with Crippen molar-refractivity contribution in [2.45, 2.75) is 18.8 Å². The second-order valence-electron chi connectivity index (χ2n) is 4.70. The van der Waals surface area contributed by atoms with Crippen LogP contribution >= 0.6 is 0 Å². The third kappa shape index (κ3) is 1.62. The molecule has 0 radical (unpaired) electrons. The zero-order valence-electron chi connectivity index (χ0n) is 10.3. The van der Waals surface area contributed by atoms with Gasteiger partial charge in [-0.25, -0.2) is 0 Å². The summed E-state index contributed by atoms with van der Waals surface area (Å²) < 4.78 is 10.8. The second-order valence-corrected chi connectivity index (χ2v) is 4.70. The van der Waals surface area contributed by atoms with Crippen molar-refractivity contribution in [3.05, 3.63) is 17.7 Å². The molecule has 1 amide bonds. The van der Waals surface area contributed by atoms with Gasteiger partial charge in [-0.15, -0.1) is 0 Å². The number of carbonyl (C=O) groups excluding carboxylic acids is 1. The van der Waals surface area contributed by atoms with Crippen LogP contribution in [0.5, 0.6) is 11.5 Å². The first-order valence-corrected chi connectivity index (χ1v) is 6.11. The molecule has 1 unspecified atom stereocenters. The van der Waals surface area contributed by atoms with Gasteiger partial charge in [0.1, 0.15) is 0 Å². The Bertz CT molecular complexity index is 501. The van der Waals surface area contributed by atoms with E-state index in [9.17, 15) is 4.79 Å². The highest BCUT2D eigenvalue weighted by molar-refractivity contribution is 5.97. The largest absolute Gasteiger partial charge is 0.454 e. The fraction of sp³-hybridized carbons (Fsp3) is 0.462. The predicted molar refractivity (Wildman–Crippen MR) is 67.0 cm³/mol. The molecule has 5 nitrogen and oxygen atoms in total. The minimum absolute atomic E-state index is 0.125. The number of fused-ring (bicyclic) bond motifs is 2. The molecule has 2 aliphatic rings. The molecule has 0 saturated carbocycles. The lowest BCUT2D eigenvalue weighted by Gasteiger charge is -2.31. The van der Waals surface area contributed by atoms with Crippen molar-refractivity contribution < 1.29 is 14.3 Å². The summed E-state index contributed by atoms with van der Waals surface area (Å²) in [6.45, 7) is 0.826. The highest BCUT2D eigenvalue weighted by Crippen LogP contribution is 2.44. The minimum atomic E-state index is 0.125. The maximum absolute atomic E-state index is 12.0. The van der Waals surface area contributed by atoms with Crippen molar-refractivity contribution in [2.24, 2.45) is 5.73 Å². The highest BCUT2D eigenvalue weighted by Gasteiger charge is 2.31. The number of benzene rings is 1. The molecule has 0 aromatic heterocycles. The summed E-state index contributed by atoms with van der Waals surface area (Å²) in [6, 6.07) is 3.87. The first-order valence-electron chi connectivity index (χ1n) is 6.11. The van der Waals surface area contributed by atoms with Crippen molar-refractivity contribution in [3.63, 3.8) is 0 Å². The first kappa shape index (κ1) is 11.3. The van der Waals surface area contributed by atoms with Crippen LogP contribution in [0, 0.1) is 0 Å². The second kappa shape index (κ2) is 4.17. The standard InChI is InChI=1S/C13H16N2O3/c1-15-10-6-12-11(17-7-18-12)5-9(10)8(2-3-14)4-13(15)16/h5-6,8H,2-4,7,14H2,1H3. The van der Waals surface area contributed by atoms with Gasteiger partial charge < -0.3 is 20.1 Å². The number of rotatable bonds is 2. The summed E-state index contributed by atoms with van der Waals surface area (Å²) >= 11 is 0. The molecule has 0 bridgehead atoms. The summed E-state index contributed by atoms with van der Waals surface area (Å²) in [5, 5.41) is 0. The Balaban J connectivity index is 2.09. The number of anilines is 1. The van der Waals surface area contributed by atoms with E-state index in [1.807, 2.05) is 12.1 Å². The lowest BCUT2D eigenvalue weighted by atomic mass is 9.87. The van der Waals surface area contributed by atoms with Crippen LogP contribution in [0.2, 0.25) is 0 Å². The quantitative estimate of drug-likeness (QED) is 0.854. The third-order valence-corrected chi connectivity index (χ3v) is 3.63. The molecule has 1 aromatic rings. The molecule has 18 heavy (non-hydrogen) atoms. The molecule has 5 heteroatoms. The van der Waals surface area contributed by atoms with E-state index in [2.05, 4.69) is 0 Å². The van der Waals surface area contributed by atoms with E-state index in [1.165, 1.54) is 0 Å². The Hall–Kier alpha value is -1.75. The van der Waals surface area contributed by atoms with E-state index < -0.39 is 0 Å². The average Bonchev–Trinajstić information content (AvgIpc) is 2.81. The highest BCUT2D eigenvalue weighted by atomic mass is 16.7. The van der Waals surface area contributed by atoms with Crippen molar-refractivity contribution in [2.75, 3.05) is 25.3 Å². The minimum Gasteiger partial charge on any atom is -0.454 e. The van der Waals surface area contributed by atoms with E-state index in [1.54, 1.807) is 11.9 Å². The molecule has 2 N–H and O–H groups in total. The van der Waals surface area contributed by atoms with E-state index in [0.29, 0.717) is 18.7 Å². The summed E-state index contributed by atoms with van der Waals surface area (Å²) in [5.41, 5.74) is 7.67. The van der Waals surface area contributed by atoms with E-state index in [4.69, 9.17) is 15.2 Å². The topological polar surface area (TPSA) is 64.8 Å². The first-order chi connectivity index (χ1) is 8.70. The molecular formula is C13H16N2O3. The van der Waals surface area contributed by atoms with Gasteiger partial charge in [0.25, 0.3) is 0 Å². The SMILES string of the molecule is CN1C(=O)CC(CCN)c2cc3c(cc21)OCO3. The summed E-state index contributed by atoms with van der Waals surface area (Å²) in [6.07, 6.45) is 1.33. The van der Waals surface area contributed by atoms with Gasteiger partial charge in [0.2, 0.25) is 12.7 Å². The van der Waals surface area contributed by atoms with E-state index in [0.717, 1.165) is 23.4 Å². The van der Waals surface area contributed by atoms with Crippen molar-refractivity contribution in [3.8, 4) is 11.5 Å². The van der Waals surface area contributed by atoms with Crippen molar-refractivity contribution >= 4 is 11.6 Å². The van der Waals surface area contributed by atoms with E-state index in [-0.39, 0.29) is 18.6 Å². The van der Waals surface area contributed by atoms with E-state index >= 15 is 0 Å². The molecule has 0 spiro atoms. The number of ether oxygens (including phenoxy) is 2. The van der Waals surface area contributed by atoms with Crippen LogP contribution in [0.3, 0.4) is 0 Å². The summed E-state index contributed by atoms with van der Waals surface area (Å²) in [7, 11) is 1.79. The van der Waals surface area contributed by atoms with Gasteiger partial charge in [-0.2, -0.15) is 0 Å². The van der Waals surface area contributed by atoms with Crippen LogP contribution in [0.25, 0.3) is 0 Å². The summed E-state index contributed by atoms with van der Waals surface area (Å²) in [5.74, 6) is 1.78. The Morgan fingerprint density at radius 1 is 1.39 bits per heavy atom. The maximum atomic E-state index is 12.0. The fourth-order valence-electron chi connectivity index (χ4n) is 2.62. The number of hydrogen-bond donors (Lipinski definition) is 1. The van der Waals surface area contributed by atoms with Gasteiger partial charge in [-0.3, -0.25) is 4.79 Å². The Morgan fingerprint density at radius 3 is 2.83 bits per heavy atom. The third-order valence-electron chi connectivity index (χ3n) is 3.63. The molecule has 2 heterocycles. The molecule has 1 atom stereocenters. The van der Waals surface area contributed by atoms with Crippen molar-refractivity contribution in [1.29, 1.82) is 0 Å². The van der Waals surface area contributed by atoms with Gasteiger partial charge in [0.15, 0.2) is 11.5 Å². The average molecular weight is 248 g/mol. The number of nitrogens with two attached hydrogens (primary N) is 1. The smallest absolute Gasteiger partial charge is 0.231 e. The Kier molecular flexibility index (Phi) is 2.63. The number of hydrogen-bond acceptors (Lipinski definition) is 4. The van der Waals surface area contributed by atoms with Crippen LogP contribution in [0.4, 0.5) is 5.69 Å². The van der Waals surface area contributed by atoms with Gasteiger partial charge in [-0.05, 0) is 30.5 Å². The maximum Gasteiger partial charge on any atom is 0.231 e. The molecule has 3 rings (SSSR count). The van der Waals surface area contributed by atoms with Gasteiger partial charge in [0, 0.05) is 19.5 Å². The molecule has 0 fully saturated rings. The van der Waals surface area contributed by atoms with Crippen LogP contribution in [0.15, 0.2) is 12.1 Å². The Labute approximate surface area is 105 Å². The molecule has 0 saturated heterocycles. The van der Waals surface area contributed by atoms with Crippen LogP contribution in [-0.4, -0.2) is 26.3 Å². The van der Waals surface area contributed by atoms with Gasteiger partial charge >= 0.3 is 0 Å². The summed E-state index contributed by atoms with van der Waals surface area (Å²) in [4.78, 5) is 13.6. The van der Waals surface area contributed by atoms with Crippen LogP contribution < -0.4 is 20.1 Å².